The number of carbonyl (C=O) groups is 8. The van der Waals surface area contributed by atoms with Crippen molar-refractivity contribution in [3.05, 3.63) is 71.8 Å². The largest absolute Gasteiger partial charge is 0.458 e. The highest BCUT2D eigenvalue weighted by atomic mass is 16.5. The molecule has 0 saturated carbocycles. The number of esters is 1. The van der Waals surface area contributed by atoms with Crippen molar-refractivity contribution < 1.29 is 48.2 Å². The van der Waals surface area contributed by atoms with Gasteiger partial charge in [0.25, 0.3) is 0 Å². The highest BCUT2D eigenvalue weighted by molar-refractivity contribution is 5.98. The molecule has 2 bridgehead atoms. The smallest absolute Gasteiger partial charge is 0.329 e. The van der Waals surface area contributed by atoms with Gasteiger partial charge in [-0.3, -0.25) is 33.6 Å². The predicted molar refractivity (Wildman–Crippen MR) is 237 cm³/mol. The SMILES string of the molecule is CC(C)C[C@H]1C(=O)N(C)[C@@H](Cc2ccccc2)C(=O)N[C@@H](C(C)C)C(=O)O[C@H](C)[C@H](NC(=O)[C@H](C)NC(=O)CCc2ccccc2)C(=O)N[C@@H](C(C)C)C(=O)N[C@H]2CC[C@@H](O)N1C2=O. The van der Waals surface area contributed by atoms with Gasteiger partial charge in [-0.25, -0.2) is 4.79 Å². The molecule has 0 radical (unpaired) electrons. The molecule has 0 aliphatic carbocycles. The van der Waals surface area contributed by atoms with Gasteiger partial charge in [-0.05, 0) is 68.4 Å². The van der Waals surface area contributed by atoms with Crippen LogP contribution in [0.15, 0.2) is 60.7 Å². The zero-order valence-electron chi connectivity index (χ0n) is 38.5. The lowest BCUT2D eigenvalue weighted by atomic mass is 9.94. The summed E-state index contributed by atoms with van der Waals surface area (Å²) in [6.07, 6.45) is -2.12. The molecule has 2 aromatic rings. The lowest BCUT2D eigenvalue weighted by Gasteiger charge is -2.43. The Morgan fingerprint density at radius 3 is 1.91 bits per heavy atom. The fourth-order valence-corrected chi connectivity index (χ4v) is 7.88. The van der Waals surface area contributed by atoms with Crippen molar-refractivity contribution in [2.45, 2.75) is 149 Å². The number of likely N-dealkylation sites (N-methyl/N-ethyl adjacent to an activating group) is 1. The topological polar surface area (TPSA) is 233 Å². The van der Waals surface area contributed by atoms with E-state index in [0.29, 0.717) is 12.0 Å². The predicted octanol–water partition coefficient (Wildman–Crippen LogP) is 1.75. The van der Waals surface area contributed by atoms with Crippen molar-refractivity contribution >= 4 is 47.3 Å². The summed E-state index contributed by atoms with van der Waals surface area (Å²) in [5, 5.41) is 24.7. The van der Waals surface area contributed by atoms with E-state index in [9.17, 15) is 43.5 Å². The number of aliphatic hydroxyl groups excluding tert-OH is 1. The maximum absolute atomic E-state index is 14.7. The first-order valence-corrected chi connectivity index (χ1v) is 22.3. The minimum atomic E-state index is -1.62. The van der Waals surface area contributed by atoms with E-state index in [1.54, 1.807) is 58.0 Å². The Morgan fingerprint density at radius 1 is 0.750 bits per heavy atom. The monoisotopic (exact) mass is 889 g/mol. The molecule has 2 aliphatic heterocycles. The molecule has 350 valence electrons. The molecule has 4 rings (SSSR count). The second-order valence-corrected chi connectivity index (χ2v) is 18.0. The second-order valence-electron chi connectivity index (χ2n) is 18.0. The molecule has 0 unspecified atom stereocenters. The molecular weight excluding hydrogens is 823 g/mol. The van der Waals surface area contributed by atoms with Crippen LogP contribution in [-0.4, -0.2) is 124 Å². The number of nitrogens with one attached hydrogen (secondary N) is 5. The van der Waals surface area contributed by atoms with Crippen LogP contribution in [0.5, 0.6) is 0 Å². The summed E-state index contributed by atoms with van der Waals surface area (Å²) in [6, 6.07) is 9.26. The summed E-state index contributed by atoms with van der Waals surface area (Å²) in [5.74, 6) is -7.16. The Bertz CT molecular complexity index is 1960. The molecule has 17 heteroatoms. The first-order chi connectivity index (χ1) is 30.2. The fourth-order valence-electron chi connectivity index (χ4n) is 7.88. The van der Waals surface area contributed by atoms with Crippen LogP contribution in [0.25, 0.3) is 0 Å². The van der Waals surface area contributed by atoms with Gasteiger partial charge in [-0.2, -0.15) is 0 Å². The van der Waals surface area contributed by atoms with Crippen LogP contribution in [-0.2, 0) is 55.9 Å². The number of carbonyl (C=O) groups excluding carboxylic acids is 8. The molecule has 2 aromatic carbocycles. The van der Waals surface area contributed by atoms with Crippen molar-refractivity contribution in [2.24, 2.45) is 17.8 Å². The summed E-state index contributed by atoms with van der Waals surface area (Å²) in [4.78, 5) is 115. The van der Waals surface area contributed by atoms with Crippen molar-refractivity contribution in [1.29, 1.82) is 0 Å². The number of aryl methyl sites for hydroxylation is 1. The van der Waals surface area contributed by atoms with Crippen LogP contribution in [0.2, 0.25) is 0 Å². The normalized spacial score (nSPS) is 26.0. The van der Waals surface area contributed by atoms with Crippen LogP contribution in [0.1, 0.15) is 92.2 Å². The van der Waals surface area contributed by atoms with Gasteiger partial charge in [-0.15, -0.1) is 0 Å². The van der Waals surface area contributed by atoms with E-state index in [4.69, 9.17) is 4.74 Å². The van der Waals surface area contributed by atoms with Gasteiger partial charge in [-0.1, -0.05) is 102 Å². The van der Waals surface area contributed by atoms with E-state index in [0.717, 1.165) is 10.5 Å². The van der Waals surface area contributed by atoms with Gasteiger partial charge in [0.2, 0.25) is 41.4 Å². The summed E-state index contributed by atoms with van der Waals surface area (Å²) in [7, 11) is 1.43. The van der Waals surface area contributed by atoms with Crippen LogP contribution >= 0.6 is 0 Å². The Balaban J connectivity index is 1.75. The quantitative estimate of drug-likeness (QED) is 0.169. The first kappa shape index (κ1) is 50.8. The van der Waals surface area contributed by atoms with Gasteiger partial charge < -0.3 is 46.2 Å². The Labute approximate surface area is 376 Å². The van der Waals surface area contributed by atoms with Crippen molar-refractivity contribution in [1.82, 2.24) is 36.4 Å². The maximum atomic E-state index is 14.7. The Hall–Kier alpha value is -5.84. The summed E-state index contributed by atoms with van der Waals surface area (Å²) >= 11 is 0. The number of benzene rings is 2. The average Bonchev–Trinajstić information content (AvgIpc) is 3.24. The lowest BCUT2D eigenvalue weighted by molar-refractivity contribution is -0.166. The van der Waals surface area contributed by atoms with E-state index in [1.165, 1.54) is 25.8 Å². The number of hydrogen-bond acceptors (Lipinski definition) is 10. The number of aliphatic hydroxyl groups is 1. The van der Waals surface area contributed by atoms with Gasteiger partial charge in [0.05, 0.1) is 0 Å². The number of ether oxygens (including phenoxy) is 1. The molecule has 2 saturated heterocycles. The molecule has 0 spiro atoms. The standard InChI is InChI=1S/C47H67N7O10/c1-26(2)24-35-46(62)53(9)34(25-32-18-14-11-15-19-32)42(58)51-39(28(5)6)47(63)64-30(8)40(52-41(57)29(7)48-36(55)22-20-31-16-12-10-13-17-31)44(60)50-38(27(3)4)43(59)49-33-21-23-37(56)54(35)45(33)61/h10-19,26-30,33-35,37-40,56H,20-25H2,1-9H3,(H,48,55)(H,49,59)(H,50,60)(H,51,58)(H,52,57)/t29-,30+,33-,34-,35-,37+,38-,39-,40-/m0/s1. The Morgan fingerprint density at radius 2 is 1.33 bits per heavy atom. The first-order valence-electron chi connectivity index (χ1n) is 22.3. The lowest BCUT2D eigenvalue weighted by Crippen LogP contribution is -2.65. The molecule has 2 heterocycles. The Kier molecular flexibility index (Phi) is 18.4. The third-order valence-electron chi connectivity index (χ3n) is 11.7. The maximum Gasteiger partial charge on any atom is 0.329 e. The number of hydrogen-bond donors (Lipinski definition) is 6. The van der Waals surface area contributed by atoms with Crippen LogP contribution in [0.4, 0.5) is 0 Å². The second kappa shape index (κ2) is 23.2. The molecule has 64 heavy (non-hydrogen) atoms. The average molecular weight is 890 g/mol. The van der Waals surface area contributed by atoms with Crippen molar-refractivity contribution in [2.75, 3.05) is 7.05 Å². The van der Waals surface area contributed by atoms with E-state index in [-0.39, 0.29) is 38.0 Å². The number of nitrogens with zero attached hydrogens (tertiary/aromatic N) is 2. The molecule has 0 aromatic heterocycles. The highest BCUT2D eigenvalue weighted by Gasteiger charge is 2.46. The minimum Gasteiger partial charge on any atom is -0.458 e. The van der Waals surface area contributed by atoms with Gasteiger partial charge in [0.15, 0.2) is 0 Å². The molecule has 2 fully saturated rings. The minimum absolute atomic E-state index is 0.0109. The number of cyclic esters (lactones) is 1. The summed E-state index contributed by atoms with van der Waals surface area (Å²) < 4.78 is 5.86. The summed E-state index contributed by atoms with van der Waals surface area (Å²) in [6.45, 7) is 13.2. The number of piperidine rings is 1. The highest BCUT2D eigenvalue weighted by Crippen LogP contribution is 2.26. The van der Waals surface area contributed by atoms with Crippen molar-refractivity contribution in [3.63, 3.8) is 0 Å². The molecular formula is C47H67N7O10. The number of fused-ring (bicyclic) bond motifs is 2. The van der Waals surface area contributed by atoms with Gasteiger partial charge in [0.1, 0.15) is 54.6 Å². The van der Waals surface area contributed by atoms with E-state index >= 15 is 0 Å². The van der Waals surface area contributed by atoms with E-state index in [2.05, 4.69) is 26.6 Å². The summed E-state index contributed by atoms with van der Waals surface area (Å²) in [5.41, 5.74) is 1.63. The van der Waals surface area contributed by atoms with Crippen molar-refractivity contribution in [3.8, 4) is 0 Å². The van der Waals surface area contributed by atoms with Crippen LogP contribution in [0, 0.1) is 17.8 Å². The van der Waals surface area contributed by atoms with E-state index < -0.39 is 114 Å². The molecule has 9 atom stereocenters. The van der Waals surface area contributed by atoms with E-state index in [1.807, 2.05) is 44.2 Å². The van der Waals surface area contributed by atoms with Crippen LogP contribution in [0.3, 0.4) is 0 Å². The third kappa shape index (κ3) is 13.6. The number of amides is 7. The zero-order valence-corrected chi connectivity index (χ0v) is 38.5. The number of rotatable bonds is 12. The molecule has 7 amide bonds. The zero-order chi connectivity index (χ0) is 47.4. The van der Waals surface area contributed by atoms with Gasteiger partial charge >= 0.3 is 5.97 Å². The van der Waals surface area contributed by atoms with Crippen LogP contribution < -0.4 is 26.6 Å². The molecule has 6 N–H and O–H groups in total. The van der Waals surface area contributed by atoms with Gasteiger partial charge in [0, 0.05) is 19.9 Å². The molecule has 2 aliphatic rings. The fraction of sp³-hybridized carbons (Fsp3) is 0.574. The third-order valence-corrected chi connectivity index (χ3v) is 11.7. The molecule has 17 nitrogen and oxygen atoms in total.